The van der Waals surface area contributed by atoms with Gasteiger partial charge in [0.2, 0.25) is 0 Å². The van der Waals surface area contributed by atoms with Crippen LogP contribution < -0.4 is 10.1 Å². The maximum Gasteiger partial charge on any atom is 0.343 e. The van der Waals surface area contributed by atoms with Gasteiger partial charge in [-0.2, -0.15) is 9.78 Å². The molecule has 0 saturated heterocycles. The topological polar surface area (TPSA) is 138 Å². The van der Waals surface area contributed by atoms with Crippen LogP contribution in [-0.4, -0.2) is 45.3 Å². The first-order chi connectivity index (χ1) is 16.8. The lowest BCUT2D eigenvalue weighted by Crippen LogP contribution is -2.18. The summed E-state index contributed by atoms with van der Waals surface area (Å²) >= 11 is 0. The molecule has 4 aromatic rings. The van der Waals surface area contributed by atoms with Crippen LogP contribution in [0, 0.1) is 17.0 Å². The Morgan fingerprint density at radius 2 is 1.91 bits per heavy atom. The summed E-state index contributed by atoms with van der Waals surface area (Å²) in [5.74, 6) is -0.321. The van der Waals surface area contributed by atoms with E-state index in [-0.39, 0.29) is 29.2 Å². The number of methoxy groups -OCH3 is 1. The third-order valence-corrected chi connectivity index (χ3v) is 5.27. The minimum atomic E-state index is -0.673. The van der Waals surface area contributed by atoms with Crippen molar-refractivity contribution in [1.29, 1.82) is 0 Å². The minimum Gasteiger partial charge on any atom is -0.494 e. The number of carbonyl (C=O) groups is 2. The number of aromatic nitrogens is 3. The van der Waals surface area contributed by atoms with E-state index in [1.165, 1.54) is 35.1 Å². The van der Waals surface area contributed by atoms with Crippen molar-refractivity contribution in [2.24, 2.45) is 0 Å². The molecule has 0 unspecified atom stereocenters. The summed E-state index contributed by atoms with van der Waals surface area (Å²) in [5, 5.41) is 18.8. The Bertz CT molecular complexity index is 1450. The van der Waals surface area contributed by atoms with E-state index in [0.29, 0.717) is 17.1 Å². The van der Waals surface area contributed by atoms with Crippen molar-refractivity contribution >= 4 is 34.3 Å². The fourth-order valence-corrected chi connectivity index (χ4v) is 3.56. The SMILES string of the molecule is CCOC(=O)c1cnn(-c2cc(C)c3cccc(OC)c3n2)c1NC(=O)c1ccc([N+](=O)[O-])cc1. The number of amides is 1. The Morgan fingerprint density at radius 3 is 2.57 bits per heavy atom. The van der Waals surface area contributed by atoms with Gasteiger partial charge in [-0.05, 0) is 43.7 Å². The molecule has 0 saturated carbocycles. The van der Waals surface area contributed by atoms with E-state index < -0.39 is 16.8 Å². The van der Waals surface area contributed by atoms with E-state index in [4.69, 9.17) is 9.47 Å². The van der Waals surface area contributed by atoms with Gasteiger partial charge in [0.15, 0.2) is 11.6 Å². The number of hydrogen-bond donors (Lipinski definition) is 1. The number of nitrogens with one attached hydrogen (secondary N) is 1. The van der Waals surface area contributed by atoms with Gasteiger partial charge in [0.1, 0.15) is 16.8 Å². The second kappa shape index (κ2) is 9.59. The molecule has 178 valence electrons. The molecule has 1 N–H and O–H groups in total. The zero-order valence-electron chi connectivity index (χ0n) is 19.1. The number of nitro groups is 1. The van der Waals surface area contributed by atoms with Crippen molar-refractivity contribution < 1.29 is 24.0 Å². The molecule has 2 aromatic carbocycles. The fourth-order valence-electron chi connectivity index (χ4n) is 3.56. The molecule has 0 aliphatic carbocycles. The number of benzene rings is 2. The molecule has 0 spiro atoms. The van der Waals surface area contributed by atoms with E-state index >= 15 is 0 Å². The lowest BCUT2D eigenvalue weighted by atomic mass is 10.1. The van der Waals surface area contributed by atoms with Crippen LogP contribution in [0.1, 0.15) is 33.2 Å². The molecule has 11 nitrogen and oxygen atoms in total. The van der Waals surface area contributed by atoms with Crippen molar-refractivity contribution in [2.45, 2.75) is 13.8 Å². The molecule has 0 aliphatic rings. The van der Waals surface area contributed by atoms with E-state index in [1.54, 1.807) is 26.2 Å². The quantitative estimate of drug-likeness (QED) is 0.240. The highest BCUT2D eigenvalue weighted by Gasteiger charge is 2.23. The van der Waals surface area contributed by atoms with Crippen LogP contribution in [0.25, 0.3) is 16.7 Å². The molecular weight excluding hydrogens is 454 g/mol. The number of nitrogens with zero attached hydrogens (tertiary/aromatic N) is 4. The Morgan fingerprint density at radius 1 is 1.17 bits per heavy atom. The number of fused-ring (bicyclic) bond motifs is 1. The van der Waals surface area contributed by atoms with Crippen molar-refractivity contribution in [1.82, 2.24) is 14.8 Å². The second-order valence-electron chi connectivity index (χ2n) is 7.45. The zero-order valence-corrected chi connectivity index (χ0v) is 19.1. The van der Waals surface area contributed by atoms with Crippen molar-refractivity contribution in [3.63, 3.8) is 0 Å². The van der Waals surface area contributed by atoms with Gasteiger partial charge >= 0.3 is 5.97 Å². The van der Waals surface area contributed by atoms with Gasteiger partial charge in [-0.3, -0.25) is 14.9 Å². The van der Waals surface area contributed by atoms with Gasteiger partial charge in [0, 0.05) is 23.1 Å². The lowest BCUT2D eigenvalue weighted by Gasteiger charge is -2.13. The fraction of sp³-hybridized carbons (Fsp3) is 0.167. The van der Waals surface area contributed by atoms with Crippen LogP contribution >= 0.6 is 0 Å². The highest BCUT2D eigenvalue weighted by atomic mass is 16.6. The van der Waals surface area contributed by atoms with E-state index in [0.717, 1.165) is 10.9 Å². The van der Waals surface area contributed by atoms with E-state index in [2.05, 4.69) is 15.4 Å². The zero-order chi connectivity index (χ0) is 25.1. The number of rotatable bonds is 7. The third kappa shape index (κ3) is 4.51. The average Bonchev–Trinajstić information content (AvgIpc) is 3.27. The standard InChI is InChI=1S/C24H21N5O6/c1-4-35-24(31)18-13-25-28(20-12-14(2)17-6-5-7-19(34-3)21(17)26-20)22(18)27-23(30)15-8-10-16(11-9-15)29(32)33/h5-13H,4H2,1-3H3,(H,27,30). The van der Waals surface area contributed by atoms with Gasteiger partial charge in [-0.25, -0.2) is 9.78 Å². The maximum absolute atomic E-state index is 13.0. The van der Waals surface area contributed by atoms with Gasteiger partial charge < -0.3 is 14.8 Å². The monoisotopic (exact) mass is 475 g/mol. The molecule has 0 bridgehead atoms. The van der Waals surface area contributed by atoms with Crippen LogP contribution in [0.4, 0.5) is 11.5 Å². The largest absolute Gasteiger partial charge is 0.494 e. The molecule has 0 aliphatic heterocycles. The number of non-ortho nitro benzene ring substituents is 1. The Balaban J connectivity index is 1.81. The van der Waals surface area contributed by atoms with Crippen LogP contribution in [0.5, 0.6) is 5.75 Å². The van der Waals surface area contributed by atoms with Crippen molar-refractivity contribution in [2.75, 3.05) is 19.0 Å². The van der Waals surface area contributed by atoms with Crippen LogP contribution in [0.2, 0.25) is 0 Å². The Labute approximate surface area is 199 Å². The normalized spacial score (nSPS) is 10.7. The van der Waals surface area contributed by atoms with E-state index in [1.807, 2.05) is 19.1 Å². The van der Waals surface area contributed by atoms with Gasteiger partial charge in [0.05, 0.1) is 24.8 Å². The molecule has 0 fully saturated rings. The number of nitro benzene ring substituents is 1. The smallest absolute Gasteiger partial charge is 0.343 e. The summed E-state index contributed by atoms with van der Waals surface area (Å²) in [7, 11) is 1.54. The number of esters is 1. The summed E-state index contributed by atoms with van der Waals surface area (Å²) in [6, 6.07) is 12.4. The maximum atomic E-state index is 13.0. The van der Waals surface area contributed by atoms with Gasteiger partial charge in [0.25, 0.3) is 11.6 Å². The molecule has 0 radical (unpaired) electrons. The molecule has 11 heteroatoms. The first-order valence-corrected chi connectivity index (χ1v) is 10.6. The van der Waals surface area contributed by atoms with Crippen molar-refractivity contribution in [3.8, 4) is 11.6 Å². The number of ether oxygens (including phenoxy) is 2. The summed E-state index contributed by atoms with van der Waals surface area (Å²) in [6.45, 7) is 3.69. The number of carbonyl (C=O) groups excluding carboxylic acids is 2. The molecule has 2 heterocycles. The Hall–Kier alpha value is -4.80. The second-order valence-corrected chi connectivity index (χ2v) is 7.45. The van der Waals surface area contributed by atoms with Crippen LogP contribution in [0.3, 0.4) is 0 Å². The summed E-state index contributed by atoms with van der Waals surface area (Å²) < 4.78 is 11.9. The molecule has 35 heavy (non-hydrogen) atoms. The number of hydrogen-bond acceptors (Lipinski definition) is 8. The number of anilines is 1. The Kier molecular flexibility index (Phi) is 6.40. The molecular formula is C24H21N5O6. The first kappa shape index (κ1) is 23.4. The minimum absolute atomic E-state index is 0.0293. The molecule has 1 amide bonds. The molecule has 0 atom stereocenters. The number of pyridine rings is 1. The van der Waals surface area contributed by atoms with E-state index in [9.17, 15) is 19.7 Å². The highest BCUT2D eigenvalue weighted by molar-refractivity contribution is 6.07. The highest BCUT2D eigenvalue weighted by Crippen LogP contribution is 2.29. The average molecular weight is 475 g/mol. The van der Waals surface area contributed by atoms with Crippen molar-refractivity contribution in [3.05, 3.63) is 81.5 Å². The molecule has 4 rings (SSSR count). The predicted molar refractivity (Wildman–Crippen MR) is 127 cm³/mol. The predicted octanol–water partition coefficient (Wildman–Crippen LogP) is 4.07. The lowest BCUT2D eigenvalue weighted by molar-refractivity contribution is -0.384. The first-order valence-electron chi connectivity index (χ1n) is 10.6. The molecule has 2 aromatic heterocycles. The summed E-state index contributed by atoms with van der Waals surface area (Å²) in [4.78, 5) is 40.6. The summed E-state index contributed by atoms with van der Waals surface area (Å²) in [6.07, 6.45) is 1.28. The van der Waals surface area contributed by atoms with Crippen LogP contribution in [-0.2, 0) is 4.74 Å². The van der Waals surface area contributed by atoms with Gasteiger partial charge in [-0.15, -0.1) is 0 Å². The number of aryl methyl sites for hydroxylation is 1. The third-order valence-electron chi connectivity index (χ3n) is 5.27. The van der Waals surface area contributed by atoms with Gasteiger partial charge in [-0.1, -0.05) is 12.1 Å². The number of para-hydroxylation sites is 1. The summed E-state index contributed by atoms with van der Waals surface area (Å²) in [5.41, 5.74) is 1.50. The van der Waals surface area contributed by atoms with Crippen LogP contribution in [0.15, 0.2) is 54.7 Å².